The maximum Gasteiger partial charge on any atom is 0.222 e. The zero-order chi connectivity index (χ0) is 15.8. The Morgan fingerprint density at radius 3 is 1.76 bits per heavy atom. The molecule has 1 N–H and O–H groups in total. The van der Waals surface area contributed by atoms with Crippen LogP contribution in [0.25, 0.3) is 0 Å². The van der Waals surface area contributed by atoms with Crippen LogP contribution in [0.1, 0.15) is 90.9 Å². The van der Waals surface area contributed by atoms with E-state index in [2.05, 4.69) is 6.92 Å². The lowest BCUT2D eigenvalue weighted by atomic mass is 10.1. The molecule has 0 radical (unpaired) electrons. The second kappa shape index (κ2) is 15.8. The largest absolute Gasteiger partial charge is 0.396 e. The van der Waals surface area contributed by atoms with Gasteiger partial charge in [-0.2, -0.15) is 0 Å². The van der Waals surface area contributed by atoms with Gasteiger partial charge >= 0.3 is 0 Å². The average molecular weight is 299 g/mol. The minimum atomic E-state index is 0.326. The van der Waals surface area contributed by atoms with Gasteiger partial charge < -0.3 is 10.0 Å². The molecule has 0 aromatic rings. The van der Waals surface area contributed by atoms with Gasteiger partial charge in [-0.15, -0.1) is 0 Å². The highest BCUT2D eigenvalue weighted by Gasteiger charge is 2.16. The second-order valence-electron chi connectivity index (χ2n) is 5.98. The first-order valence-corrected chi connectivity index (χ1v) is 9.14. The fourth-order valence-electron chi connectivity index (χ4n) is 2.64. The fraction of sp³-hybridized carbons (Fsp3) is 0.944. The van der Waals surface area contributed by atoms with Gasteiger partial charge in [-0.25, -0.2) is 0 Å². The summed E-state index contributed by atoms with van der Waals surface area (Å²) in [6, 6.07) is 0. The summed E-state index contributed by atoms with van der Waals surface area (Å²) >= 11 is 0. The van der Waals surface area contributed by atoms with Crippen LogP contribution in [0.4, 0.5) is 0 Å². The van der Waals surface area contributed by atoms with Crippen LogP contribution < -0.4 is 0 Å². The molecule has 1 rings (SSSR count). The Kier molecular flexibility index (Phi) is 15.4. The SMILES string of the molecule is CCCCCCCCCCCCO.CCN1CCCC1=O. The summed E-state index contributed by atoms with van der Waals surface area (Å²) in [5.41, 5.74) is 0. The van der Waals surface area contributed by atoms with Gasteiger partial charge in [-0.05, 0) is 19.8 Å². The third kappa shape index (κ3) is 12.9. The van der Waals surface area contributed by atoms with E-state index in [1.807, 2.05) is 11.8 Å². The summed E-state index contributed by atoms with van der Waals surface area (Å²) < 4.78 is 0. The van der Waals surface area contributed by atoms with Gasteiger partial charge in [0.2, 0.25) is 5.91 Å². The molecule has 21 heavy (non-hydrogen) atoms. The van der Waals surface area contributed by atoms with Crippen LogP contribution in [-0.2, 0) is 4.79 Å². The van der Waals surface area contributed by atoms with Crippen LogP contribution in [-0.4, -0.2) is 35.6 Å². The van der Waals surface area contributed by atoms with Crippen LogP contribution in [0.5, 0.6) is 0 Å². The zero-order valence-electron chi connectivity index (χ0n) is 14.4. The van der Waals surface area contributed by atoms with Crippen molar-refractivity contribution in [3.8, 4) is 0 Å². The van der Waals surface area contributed by atoms with Crippen molar-refractivity contribution in [1.29, 1.82) is 0 Å². The number of hydrogen-bond acceptors (Lipinski definition) is 2. The van der Waals surface area contributed by atoms with Crippen LogP contribution in [0.15, 0.2) is 0 Å². The molecule has 3 nitrogen and oxygen atoms in total. The van der Waals surface area contributed by atoms with Crippen LogP contribution in [0, 0.1) is 0 Å². The molecule has 0 spiro atoms. The molecule has 1 aliphatic heterocycles. The van der Waals surface area contributed by atoms with Crippen molar-refractivity contribution in [3.05, 3.63) is 0 Å². The zero-order valence-corrected chi connectivity index (χ0v) is 14.4. The van der Waals surface area contributed by atoms with Gasteiger partial charge in [0.05, 0.1) is 0 Å². The van der Waals surface area contributed by atoms with Crippen LogP contribution >= 0.6 is 0 Å². The van der Waals surface area contributed by atoms with Crippen molar-refractivity contribution in [2.75, 3.05) is 19.7 Å². The Balaban J connectivity index is 0.000000423. The van der Waals surface area contributed by atoms with E-state index >= 15 is 0 Å². The van der Waals surface area contributed by atoms with Crippen LogP contribution in [0.3, 0.4) is 0 Å². The van der Waals surface area contributed by atoms with E-state index in [0.29, 0.717) is 12.5 Å². The molecular weight excluding hydrogens is 262 g/mol. The van der Waals surface area contributed by atoms with E-state index in [4.69, 9.17) is 5.11 Å². The predicted octanol–water partition coefficient (Wildman–Crippen LogP) is 4.53. The normalized spacial score (nSPS) is 14.2. The standard InChI is InChI=1S/C12H26O.C6H11NO/c1-2-3-4-5-6-7-8-9-10-11-12-13;1-2-7-5-3-4-6(7)8/h13H,2-12H2,1H3;2-5H2,1H3. The minimum Gasteiger partial charge on any atom is -0.396 e. The van der Waals surface area contributed by atoms with Gasteiger partial charge in [0.25, 0.3) is 0 Å². The second-order valence-corrected chi connectivity index (χ2v) is 5.98. The summed E-state index contributed by atoms with van der Waals surface area (Å²) in [6.45, 7) is 6.52. The van der Waals surface area contributed by atoms with E-state index in [1.165, 1.54) is 57.8 Å². The van der Waals surface area contributed by atoms with E-state index in [1.54, 1.807) is 0 Å². The van der Waals surface area contributed by atoms with E-state index in [9.17, 15) is 4.79 Å². The first-order chi connectivity index (χ1) is 10.3. The molecule has 1 heterocycles. The Hall–Kier alpha value is -0.570. The first kappa shape index (κ1) is 20.4. The number of amides is 1. The van der Waals surface area contributed by atoms with Crippen molar-refractivity contribution in [1.82, 2.24) is 4.90 Å². The number of rotatable bonds is 11. The van der Waals surface area contributed by atoms with Crippen molar-refractivity contribution in [3.63, 3.8) is 0 Å². The Morgan fingerprint density at radius 2 is 1.43 bits per heavy atom. The molecular formula is C18H37NO2. The van der Waals surface area contributed by atoms with Gasteiger partial charge in [0.1, 0.15) is 0 Å². The molecule has 0 aliphatic carbocycles. The number of nitrogens with zero attached hydrogens (tertiary/aromatic N) is 1. The predicted molar refractivity (Wildman–Crippen MR) is 90.4 cm³/mol. The summed E-state index contributed by atoms with van der Waals surface area (Å²) in [5.74, 6) is 0.326. The molecule has 0 aromatic carbocycles. The lowest BCUT2D eigenvalue weighted by Crippen LogP contribution is -2.23. The quantitative estimate of drug-likeness (QED) is 0.569. The first-order valence-electron chi connectivity index (χ1n) is 9.14. The minimum absolute atomic E-state index is 0.326. The van der Waals surface area contributed by atoms with Gasteiger partial charge in [0.15, 0.2) is 0 Å². The highest BCUT2D eigenvalue weighted by Crippen LogP contribution is 2.10. The summed E-state index contributed by atoms with van der Waals surface area (Å²) in [6.07, 6.45) is 15.1. The Labute approximate surface area is 132 Å². The number of aliphatic hydroxyl groups is 1. The van der Waals surface area contributed by atoms with Crippen molar-refractivity contribution >= 4 is 5.91 Å². The molecule has 0 aromatic heterocycles. The molecule has 126 valence electrons. The molecule has 0 bridgehead atoms. The van der Waals surface area contributed by atoms with Crippen LogP contribution in [0.2, 0.25) is 0 Å². The van der Waals surface area contributed by atoms with Gasteiger partial charge in [-0.1, -0.05) is 64.7 Å². The highest BCUT2D eigenvalue weighted by molar-refractivity contribution is 5.77. The number of unbranched alkanes of at least 4 members (excludes halogenated alkanes) is 9. The van der Waals surface area contributed by atoms with Crippen molar-refractivity contribution in [2.24, 2.45) is 0 Å². The average Bonchev–Trinajstić information content (AvgIpc) is 2.91. The van der Waals surface area contributed by atoms with Gasteiger partial charge in [0, 0.05) is 26.1 Å². The smallest absolute Gasteiger partial charge is 0.222 e. The third-order valence-electron chi connectivity index (χ3n) is 4.06. The van der Waals surface area contributed by atoms with Crippen molar-refractivity contribution < 1.29 is 9.90 Å². The van der Waals surface area contributed by atoms with E-state index in [0.717, 1.165) is 32.4 Å². The summed E-state index contributed by atoms with van der Waals surface area (Å²) in [7, 11) is 0. The molecule has 0 unspecified atom stereocenters. The Bertz CT molecular complexity index is 221. The highest BCUT2D eigenvalue weighted by atomic mass is 16.2. The number of carbonyl (C=O) groups is 1. The fourth-order valence-corrected chi connectivity index (χ4v) is 2.64. The molecule has 1 amide bonds. The maximum absolute atomic E-state index is 10.7. The van der Waals surface area contributed by atoms with Gasteiger partial charge in [-0.3, -0.25) is 4.79 Å². The topological polar surface area (TPSA) is 40.5 Å². The summed E-state index contributed by atoms with van der Waals surface area (Å²) in [5, 5.41) is 8.57. The molecule has 1 fully saturated rings. The van der Waals surface area contributed by atoms with Crippen molar-refractivity contribution in [2.45, 2.75) is 90.9 Å². The molecule has 3 heteroatoms. The lowest BCUT2D eigenvalue weighted by Gasteiger charge is -2.10. The third-order valence-corrected chi connectivity index (χ3v) is 4.06. The molecule has 0 saturated carbocycles. The molecule has 0 atom stereocenters. The number of likely N-dealkylation sites (tertiary alicyclic amines) is 1. The lowest BCUT2D eigenvalue weighted by molar-refractivity contribution is -0.127. The van der Waals surface area contributed by atoms with E-state index < -0.39 is 0 Å². The molecule has 1 aliphatic rings. The number of aliphatic hydroxyl groups excluding tert-OH is 1. The number of carbonyl (C=O) groups excluding carboxylic acids is 1. The Morgan fingerprint density at radius 1 is 0.905 bits per heavy atom. The monoisotopic (exact) mass is 299 g/mol. The molecule has 1 saturated heterocycles. The van der Waals surface area contributed by atoms with E-state index in [-0.39, 0.29) is 0 Å². The summed E-state index contributed by atoms with van der Waals surface area (Å²) in [4.78, 5) is 12.6. The number of hydrogen-bond donors (Lipinski definition) is 1. The maximum atomic E-state index is 10.7.